The molecule has 3 aromatic rings. The predicted octanol–water partition coefficient (Wildman–Crippen LogP) is 3.90. The highest BCUT2D eigenvalue weighted by atomic mass is 32.1. The van der Waals surface area contributed by atoms with Crippen molar-refractivity contribution >= 4 is 22.7 Å². The molecular formula is C16H17N3OS2. The van der Waals surface area contributed by atoms with E-state index in [0.717, 1.165) is 31.2 Å². The van der Waals surface area contributed by atoms with Gasteiger partial charge in [-0.25, -0.2) is 0 Å². The number of rotatable bonds is 4. The SMILES string of the molecule is CCc1nnc(CN2CCc3sccc3[C@@H]2c2cccs2)o1. The molecule has 0 aliphatic carbocycles. The fraction of sp³-hybridized carbons (Fsp3) is 0.375. The van der Waals surface area contributed by atoms with E-state index in [1.165, 1.54) is 15.3 Å². The molecule has 4 nitrogen and oxygen atoms in total. The summed E-state index contributed by atoms with van der Waals surface area (Å²) in [4.78, 5) is 5.34. The Balaban J connectivity index is 1.66. The van der Waals surface area contributed by atoms with E-state index in [4.69, 9.17) is 4.42 Å². The Labute approximate surface area is 137 Å². The fourth-order valence-electron chi connectivity index (χ4n) is 2.99. The van der Waals surface area contributed by atoms with Crippen LogP contribution < -0.4 is 0 Å². The van der Waals surface area contributed by atoms with Gasteiger partial charge in [-0.05, 0) is 34.9 Å². The Hall–Kier alpha value is -1.50. The molecule has 6 heteroatoms. The smallest absolute Gasteiger partial charge is 0.230 e. The molecule has 0 unspecified atom stereocenters. The number of thiophene rings is 2. The molecule has 22 heavy (non-hydrogen) atoms. The van der Waals surface area contributed by atoms with Gasteiger partial charge in [0, 0.05) is 22.7 Å². The largest absolute Gasteiger partial charge is 0.424 e. The van der Waals surface area contributed by atoms with Crippen LogP contribution in [0, 0.1) is 0 Å². The summed E-state index contributed by atoms with van der Waals surface area (Å²) < 4.78 is 5.71. The molecule has 114 valence electrons. The molecule has 3 aromatic heterocycles. The number of hydrogen-bond acceptors (Lipinski definition) is 6. The molecule has 1 aliphatic heterocycles. The minimum absolute atomic E-state index is 0.312. The van der Waals surface area contributed by atoms with Crippen LogP contribution in [0.1, 0.15) is 40.1 Å². The Morgan fingerprint density at radius 3 is 2.91 bits per heavy atom. The van der Waals surface area contributed by atoms with Crippen molar-refractivity contribution in [3.8, 4) is 0 Å². The van der Waals surface area contributed by atoms with E-state index in [9.17, 15) is 0 Å². The zero-order valence-corrected chi connectivity index (χ0v) is 14.0. The first-order valence-corrected chi connectivity index (χ1v) is 9.26. The highest BCUT2D eigenvalue weighted by molar-refractivity contribution is 7.10. The van der Waals surface area contributed by atoms with Crippen molar-refractivity contribution in [2.45, 2.75) is 32.4 Å². The van der Waals surface area contributed by atoms with Gasteiger partial charge in [0.05, 0.1) is 12.6 Å². The topological polar surface area (TPSA) is 42.2 Å². The molecule has 0 radical (unpaired) electrons. The average molecular weight is 331 g/mol. The first-order valence-electron chi connectivity index (χ1n) is 7.50. The second-order valence-electron chi connectivity index (χ2n) is 5.38. The van der Waals surface area contributed by atoms with Gasteiger partial charge in [-0.15, -0.1) is 32.9 Å². The standard InChI is InChI=1S/C16H17N3OS2/c1-2-14-17-18-15(20-14)10-19-7-5-12-11(6-9-22-12)16(19)13-4-3-8-21-13/h3-4,6,8-9,16H,2,5,7,10H2,1H3/t16-/m1/s1. The van der Waals surface area contributed by atoms with Gasteiger partial charge >= 0.3 is 0 Å². The normalized spacial score (nSPS) is 18.5. The Morgan fingerprint density at radius 2 is 2.14 bits per heavy atom. The summed E-state index contributed by atoms with van der Waals surface area (Å²) in [5.74, 6) is 1.44. The lowest BCUT2D eigenvalue weighted by molar-refractivity contribution is 0.188. The summed E-state index contributed by atoms with van der Waals surface area (Å²) in [6.07, 6.45) is 1.89. The third-order valence-corrected chi connectivity index (χ3v) is 5.95. The Bertz CT molecular complexity index is 747. The maximum Gasteiger partial charge on any atom is 0.230 e. The molecule has 0 spiro atoms. The first-order chi connectivity index (χ1) is 10.8. The zero-order valence-electron chi connectivity index (χ0n) is 12.4. The third-order valence-electron chi connectivity index (χ3n) is 4.03. The summed E-state index contributed by atoms with van der Waals surface area (Å²) in [6.45, 7) is 3.77. The Morgan fingerprint density at radius 1 is 1.23 bits per heavy atom. The molecule has 0 N–H and O–H groups in total. The summed E-state index contributed by atoms with van der Waals surface area (Å²) in [6, 6.07) is 6.93. The molecule has 0 fully saturated rings. The second-order valence-corrected chi connectivity index (χ2v) is 7.36. The van der Waals surface area contributed by atoms with Crippen LogP contribution in [0.2, 0.25) is 0 Å². The number of fused-ring (bicyclic) bond motifs is 1. The van der Waals surface area contributed by atoms with E-state index < -0.39 is 0 Å². The van der Waals surface area contributed by atoms with Crippen LogP contribution in [0.3, 0.4) is 0 Å². The molecule has 4 rings (SSSR count). The molecular weight excluding hydrogens is 314 g/mol. The summed E-state index contributed by atoms with van der Waals surface area (Å²) in [5.41, 5.74) is 1.44. The van der Waals surface area contributed by atoms with Gasteiger partial charge in [-0.2, -0.15) is 0 Å². The van der Waals surface area contributed by atoms with Gasteiger partial charge in [0.1, 0.15) is 0 Å². The van der Waals surface area contributed by atoms with Crippen LogP contribution in [0.25, 0.3) is 0 Å². The van der Waals surface area contributed by atoms with Crippen LogP contribution in [0.4, 0.5) is 0 Å². The molecule has 0 saturated carbocycles. The van der Waals surface area contributed by atoms with Gasteiger partial charge in [0.15, 0.2) is 0 Å². The van der Waals surface area contributed by atoms with Gasteiger partial charge < -0.3 is 4.42 Å². The quantitative estimate of drug-likeness (QED) is 0.727. The maximum atomic E-state index is 5.71. The summed E-state index contributed by atoms with van der Waals surface area (Å²) in [7, 11) is 0. The second kappa shape index (κ2) is 5.95. The third kappa shape index (κ3) is 2.51. The van der Waals surface area contributed by atoms with E-state index in [-0.39, 0.29) is 0 Å². The van der Waals surface area contributed by atoms with Crippen molar-refractivity contribution in [2.24, 2.45) is 0 Å². The zero-order chi connectivity index (χ0) is 14.9. The lowest BCUT2D eigenvalue weighted by Gasteiger charge is -2.34. The van der Waals surface area contributed by atoms with Crippen molar-refractivity contribution < 1.29 is 4.42 Å². The molecule has 1 aliphatic rings. The van der Waals surface area contributed by atoms with Crippen molar-refractivity contribution in [3.63, 3.8) is 0 Å². The molecule has 0 amide bonds. The summed E-state index contributed by atoms with van der Waals surface area (Å²) in [5, 5.41) is 12.6. The van der Waals surface area contributed by atoms with Crippen LogP contribution in [-0.2, 0) is 19.4 Å². The monoisotopic (exact) mass is 331 g/mol. The van der Waals surface area contributed by atoms with Crippen LogP contribution in [0.15, 0.2) is 33.4 Å². The highest BCUT2D eigenvalue weighted by Gasteiger charge is 2.31. The lowest BCUT2D eigenvalue weighted by atomic mass is 9.98. The van der Waals surface area contributed by atoms with Crippen LogP contribution in [0.5, 0.6) is 0 Å². The fourth-order valence-corrected chi connectivity index (χ4v) is 4.77. The van der Waals surface area contributed by atoms with Gasteiger partial charge in [0.25, 0.3) is 0 Å². The molecule has 1 atom stereocenters. The Kier molecular flexibility index (Phi) is 3.82. The van der Waals surface area contributed by atoms with Crippen molar-refractivity contribution in [2.75, 3.05) is 6.54 Å². The minimum atomic E-state index is 0.312. The number of aryl methyl sites for hydroxylation is 1. The number of nitrogens with zero attached hydrogens (tertiary/aromatic N) is 3. The van der Waals surface area contributed by atoms with E-state index in [1.807, 2.05) is 29.6 Å². The molecule has 0 saturated heterocycles. The molecule has 4 heterocycles. The molecule has 0 bridgehead atoms. The van der Waals surface area contributed by atoms with Crippen LogP contribution >= 0.6 is 22.7 Å². The minimum Gasteiger partial charge on any atom is -0.424 e. The van der Waals surface area contributed by atoms with E-state index in [2.05, 4.69) is 44.1 Å². The van der Waals surface area contributed by atoms with Crippen LogP contribution in [-0.4, -0.2) is 21.6 Å². The van der Waals surface area contributed by atoms with Gasteiger partial charge in [-0.3, -0.25) is 4.90 Å². The van der Waals surface area contributed by atoms with E-state index in [0.29, 0.717) is 12.6 Å². The predicted molar refractivity (Wildman–Crippen MR) is 88.3 cm³/mol. The molecule has 0 aromatic carbocycles. The average Bonchev–Trinajstić information content (AvgIpc) is 3.28. The van der Waals surface area contributed by atoms with E-state index >= 15 is 0 Å². The summed E-state index contributed by atoms with van der Waals surface area (Å²) >= 11 is 3.69. The van der Waals surface area contributed by atoms with Crippen molar-refractivity contribution in [1.82, 2.24) is 15.1 Å². The maximum absolute atomic E-state index is 5.71. The number of aromatic nitrogens is 2. The lowest BCUT2D eigenvalue weighted by Crippen LogP contribution is -2.34. The first kappa shape index (κ1) is 14.1. The number of hydrogen-bond donors (Lipinski definition) is 0. The van der Waals surface area contributed by atoms with Crippen molar-refractivity contribution in [3.05, 3.63) is 56.1 Å². The van der Waals surface area contributed by atoms with Crippen molar-refractivity contribution in [1.29, 1.82) is 0 Å². The van der Waals surface area contributed by atoms with Gasteiger partial charge in [-0.1, -0.05) is 13.0 Å². The van der Waals surface area contributed by atoms with E-state index in [1.54, 1.807) is 0 Å². The highest BCUT2D eigenvalue weighted by Crippen LogP contribution is 2.39. The van der Waals surface area contributed by atoms with Gasteiger partial charge in [0.2, 0.25) is 11.8 Å².